The van der Waals surface area contributed by atoms with Gasteiger partial charge in [0.25, 0.3) is 0 Å². The Kier molecular flexibility index (Phi) is 5.66. The number of hydrogen-bond donors (Lipinski definition) is 0. The van der Waals surface area contributed by atoms with Crippen LogP contribution in [0.5, 0.6) is 0 Å². The lowest BCUT2D eigenvalue weighted by Gasteiger charge is -2.38. The van der Waals surface area contributed by atoms with E-state index in [2.05, 4.69) is 66.9 Å². The summed E-state index contributed by atoms with van der Waals surface area (Å²) >= 11 is 0. The van der Waals surface area contributed by atoms with Crippen LogP contribution in [0.25, 0.3) is 0 Å². The molecule has 0 heterocycles. The Morgan fingerprint density at radius 3 is 1.20 bits per heavy atom. The molecule has 0 unspecified atom stereocenters. The van der Waals surface area contributed by atoms with Crippen molar-refractivity contribution >= 4 is 8.07 Å². The van der Waals surface area contributed by atoms with Crippen molar-refractivity contribution in [3.63, 3.8) is 0 Å². The highest BCUT2D eigenvalue weighted by Gasteiger charge is 2.41. The third kappa shape index (κ3) is 3.38. The van der Waals surface area contributed by atoms with Crippen molar-refractivity contribution in [1.29, 1.82) is 0 Å². The summed E-state index contributed by atoms with van der Waals surface area (Å²) in [6, 6.07) is 0. The van der Waals surface area contributed by atoms with Gasteiger partial charge in [-0.15, -0.1) is 11.5 Å². The van der Waals surface area contributed by atoms with Gasteiger partial charge in [-0.25, -0.2) is 0 Å². The molecule has 0 saturated carbocycles. The highest BCUT2D eigenvalue weighted by Crippen LogP contribution is 2.40. The van der Waals surface area contributed by atoms with E-state index in [9.17, 15) is 0 Å². The molecule has 0 aliphatic heterocycles. The van der Waals surface area contributed by atoms with Crippen molar-refractivity contribution in [2.24, 2.45) is 5.92 Å². The van der Waals surface area contributed by atoms with Crippen LogP contribution in [-0.4, -0.2) is 8.07 Å². The van der Waals surface area contributed by atoms with Gasteiger partial charge < -0.3 is 0 Å². The Labute approximate surface area is 97.9 Å². The molecule has 0 spiro atoms. The fraction of sp³-hybridized carbons (Fsp3) is 0.857. The van der Waals surface area contributed by atoms with E-state index in [1.165, 1.54) is 0 Å². The minimum atomic E-state index is -1.45. The van der Waals surface area contributed by atoms with Crippen molar-refractivity contribution in [2.75, 3.05) is 0 Å². The summed E-state index contributed by atoms with van der Waals surface area (Å²) in [5, 5.41) is 0. The fourth-order valence-electron chi connectivity index (χ4n) is 2.70. The van der Waals surface area contributed by atoms with Crippen LogP contribution in [0.2, 0.25) is 16.6 Å². The zero-order valence-corrected chi connectivity index (χ0v) is 12.8. The van der Waals surface area contributed by atoms with Gasteiger partial charge in [0.15, 0.2) is 0 Å². The third-order valence-corrected chi connectivity index (χ3v) is 9.75. The van der Waals surface area contributed by atoms with Crippen LogP contribution < -0.4 is 0 Å². The summed E-state index contributed by atoms with van der Waals surface area (Å²) in [5.41, 5.74) is 5.98. The molecule has 0 fully saturated rings. The van der Waals surface area contributed by atoms with Crippen molar-refractivity contribution in [1.82, 2.24) is 0 Å². The van der Waals surface area contributed by atoms with Crippen molar-refractivity contribution < 1.29 is 0 Å². The molecule has 0 rings (SSSR count). The highest BCUT2D eigenvalue weighted by atomic mass is 28.3. The van der Waals surface area contributed by atoms with E-state index in [4.69, 9.17) is 0 Å². The Balaban J connectivity index is 5.27. The van der Waals surface area contributed by atoms with Crippen LogP contribution in [0.3, 0.4) is 0 Å². The topological polar surface area (TPSA) is 0 Å². The minimum Gasteiger partial charge on any atom is -0.130 e. The molecule has 0 radical (unpaired) electrons. The zero-order chi connectivity index (χ0) is 12.2. The molecule has 0 nitrogen and oxygen atoms in total. The van der Waals surface area contributed by atoms with Gasteiger partial charge in [-0.2, -0.15) is 0 Å². The highest BCUT2D eigenvalue weighted by molar-refractivity contribution is 6.90. The Hall–Kier alpha value is -0.223. The molecule has 0 aromatic carbocycles. The summed E-state index contributed by atoms with van der Waals surface area (Å²) in [6.45, 7) is 18.5. The first-order valence-electron chi connectivity index (χ1n) is 6.27. The minimum absolute atomic E-state index is 0.508. The Morgan fingerprint density at radius 2 is 1.00 bits per heavy atom. The molecule has 15 heavy (non-hydrogen) atoms. The number of rotatable bonds is 3. The van der Waals surface area contributed by atoms with E-state index in [0.717, 1.165) is 16.6 Å². The van der Waals surface area contributed by atoms with Gasteiger partial charge in [-0.3, -0.25) is 0 Å². The molecule has 0 aliphatic rings. The smallest absolute Gasteiger partial charge is 0.130 e. The van der Waals surface area contributed by atoms with Crippen molar-refractivity contribution in [3.05, 3.63) is 0 Å². The predicted octanol–water partition coefficient (Wildman–Crippen LogP) is 4.86. The molecule has 0 bridgehead atoms. The molecular formula is C14H28Si. The predicted molar refractivity (Wildman–Crippen MR) is 73.7 cm³/mol. The lowest BCUT2D eigenvalue weighted by molar-refractivity contribution is 0.833. The maximum absolute atomic E-state index is 3.72. The Morgan fingerprint density at radius 1 is 0.667 bits per heavy atom. The summed E-state index contributed by atoms with van der Waals surface area (Å²) in [6.07, 6.45) is 0. The van der Waals surface area contributed by atoms with Crippen LogP contribution in [0, 0.1) is 17.4 Å². The van der Waals surface area contributed by atoms with Crippen LogP contribution >= 0.6 is 0 Å². The van der Waals surface area contributed by atoms with E-state index >= 15 is 0 Å². The van der Waals surface area contributed by atoms with Crippen LogP contribution in [0.4, 0.5) is 0 Å². The average molecular weight is 224 g/mol. The molecule has 88 valence electrons. The molecule has 0 aromatic rings. The van der Waals surface area contributed by atoms with Gasteiger partial charge in [-0.1, -0.05) is 55.4 Å². The molecular weight excluding hydrogens is 196 g/mol. The lowest BCUT2D eigenvalue weighted by Crippen LogP contribution is -2.43. The first kappa shape index (κ1) is 14.8. The Bertz CT molecular complexity index is 216. The maximum Gasteiger partial charge on any atom is 0.145 e. The molecule has 0 N–H and O–H groups in total. The SMILES string of the molecule is CC(C)C#C[Si](C(C)C)(C(C)C)C(C)C. The maximum atomic E-state index is 3.72. The zero-order valence-electron chi connectivity index (χ0n) is 11.8. The number of hydrogen-bond acceptors (Lipinski definition) is 0. The monoisotopic (exact) mass is 224 g/mol. The van der Waals surface area contributed by atoms with E-state index in [1.54, 1.807) is 0 Å². The third-order valence-electron chi connectivity index (χ3n) is 3.44. The summed E-state index contributed by atoms with van der Waals surface area (Å²) in [5.74, 6) is 3.95. The van der Waals surface area contributed by atoms with E-state index < -0.39 is 8.07 Å². The van der Waals surface area contributed by atoms with E-state index in [1.807, 2.05) is 0 Å². The van der Waals surface area contributed by atoms with Gasteiger partial charge in [0.05, 0.1) is 0 Å². The van der Waals surface area contributed by atoms with Gasteiger partial charge in [0, 0.05) is 5.92 Å². The molecule has 0 saturated heterocycles. The van der Waals surface area contributed by atoms with Crippen LogP contribution in [-0.2, 0) is 0 Å². The van der Waals surface area contributed by atoms with Crippen molar-refractivity contribution in [2.45, 2.75) is 72.0 Å². The van der Waals surface area contributed by atoms with E-state index in [0.29, 0.717) is 5.92 Å². The molecule has 0 aliphatic carbocycles. The summed E-state index contributed by atoms with van der Waals surface area (Å²) in [4.78, 5) is 0. The van der Waals surface area contributed by atoms with Crippen LogP contribution in [0.1, 0.15) is 55.4 Å². The lowest BCUT2D eigenvalue weighted by atomic mass is 10.2. The van der Waals surface area contributed by atoms with Gasteiger partial charge in [-0.05, 0) is 16.6 Å². The quantitative estimate of drug-likeness (QED) is 0.474. The summed E-state index contributed by atoms with van der Waals surface area (Å²) < 4.78 is 0. The molecule has 1 heteroatoms. The molecule has 0 atom stereocenters. The van der Waals surface area contributed by atoms with Gasteiger partial charge in [0.1, 0.15) is 8.07 Å². The van der Waals surface area contributed by atoms with Gasteiger partial charge in [0.2, 0.25) is 0 Å². The second-order valence-corrected chi connectivity index (χ2v) is 11.4. The van der Waals surface area contributed by atoms with Crippen LogP contribution in [0.15, 0.2) is 0 Å². The average Bonchev–Trinajstić information content (AvgIpc) is 2.02. The second-order valence-electron chi connectivity index (χ2n) is 5.82. The fourth-order valence-corrected chi connectivity index (χ4v) is 8.11. The normalized spacial score (nSPS) is 12.5. The standard InChI is InChI=1S/C14H28Si/c1-11(2)9-10-15(12(3)4,13(5)6)14(7)8/h11-14H,1-8H3. The molecule has 0 aromatic heterocycles. The first-order valence-corrected chi connectivity index (χ1v) is 8.51. The van der Waals surface area contributed by atoms with Gasteiger partial charge >= 0.3 is 0 Å². The molecule has 0 amide bonds. The van der Waals surface area contributed by atoms with Crippen molar-refractivity contribution in [3.8, 4) is 11.5 Å². The van der Waals surface area contributed by atoms with E-state index in [-0.39, 0.29) is 0 Å². The summed E-state index contributed by atoms with van der Waals surface area (Å²) in [7, 11) is -1.45. The second kappa shape index (κ2) is 5.75. The first-order chi connectivity index (χ1) is 6.75. The largest absolute Gasteiger partial charge is 0.145 e.